The fourth-order valence-corrected chi connectivity index (χ4v) is 8.53. The van der Waals surface area contributed by atoms with Gasteiger partial charge in [0.15, 0.2) is 0 Å². The standard InChI is InChI=1S/C41H46N6O4/c1-40(2,3)50-38(48)46-32-14-12-27(32)18-35(46)37-43-29-13-11-25(17-30(29)44-37)23-7-8-24-16-26(10-9-22(24)15-23)31-21-42-36(45-31)34-20-28-19-33(28)47(34)39(49)51-41(4,5)6/h7-11,13,15-17,21,27-28,32-35H,12,14,18-20H2,1-6H3,(H,42,45)(H,43,44)/t27-,28-,32-,33-,34+,35+/m1/s1. The van der Waals surface area contributed by atoms with Gasteiger partial charge in [-0.2, -0.15) is 0 Å². The summed E-state index contributed by atoms with van der Waals surface area (Å²) in [5.74, 6) is 2.68. The minimum Gasteiger partial charge on any atom is -0.444 e. The second kappa shape index (κ2) is 11.3. The predicted molar refractivity (Wildman–Crippen MR) is 196 cm³/mol. The Morgan fingerprint density at radius 1 is 0.686 bits per heavy atom. The molecule has 4 aliphatic rings. The van der Waals surface area contributed by atoms with Crippen LogP contribution < -0.4 is 0 Å². The molecule has 4 fully saturated rings. The zero-order valence-corrected chi connectivity index (χ0v) is 30.2. The maximum absolute atomic E-state index is 13.3. The number of benzene rings is 3. The highest BCUT2D eigenvalue weighted by molar-refractivity contribution is 5.92. The van der Waals surface area contributed by atoms with E-state index in [2.05, 4.69) is 64.6 Å². The third-order valence-corrected chi connectivity index (χ3v) is 11.1. The molecule has 6 atom stereocenters. The number of imidazole rings is 2. The smallest absolute Gasteiger partial charge is 0.411 e. The van der Waals surface area contributed by atoms with E-state index in [0.717, 1.165) is 87.9 Å². The summed E-state index contributed by atoms with van der Waals surface area (Å²) in [6.45, 7) is 11.5. The van der Waals surface area contributed by atoms with Gasteiger partial charge in [0.1, 0.15) is 22.9 Å². The zero-order chi connectivity index (χ0) is 35.4. The molecule has 2 saturated carbocycles. The van der Waals surface area contributed by atoms with E-state index in [9.17, 15) is 9.59 Å². The summed E-state index contributed by atoms with van der Waals surface area (Å²) in [6, 6.07) is 19.6. The fraction of sp³-hybridized carbons (Fsp3) is 0.463. The number of piperidine rings is 1. The van der Waals surface area contributed by atoms with Crippen LogP contribution in [0.5, 0.6) is 0 Å². The van der Waals surface area contributed by atoms with Crippen LogP contribution in [0, 0.1) is 11.8 Å². The number of carbonyl (C=O) groups excluding carboxylic acids is 2. The van der Waals surface area contributed by atoms with Crippen molar-refractivity contribution < 1.29 is 19.1 Å². The first-order valence-electron chi connectivity index (χ1n) is 18.4. The van der Waals surface area contributed by atoms with E-state index in [1.165, 1.54) is 0 Å². The summed E-state index contributed by atoms with van der Waals surface area (Å²) in [5.41, 5.74) is 4.87. The van der Waals surface area contributed by atoms with E-state index >= 15 is 0 Å². The molecule has 9 rings (SSSR count). The Morgan fingerprint density at radius 3 is 1.98 bits per heavy atom. The number of nitrogens with one attached hydrogen (secondary N) is 2. The average Bonchev–Trinajstić information content (AvgIpc) is 3.42. The number of rotatable bonds is 4. The fourth-order valence-electron chi connectivity index (χ4n) is 8.53. The van der Waals surface area contributed by atoms with Crippen LogP contribution in [-0.2, 0) is 9.47 Å². The molecule has 2 aromatic heterocycles. The lowest BCUT2D eigenvalue weighted by atomic mass is 9.80. The molecule has 5 aromatic rings. The number of aromatic amines is 2. The van der Waals surface area contributed by atoms with Crippen molar-refractivity contribution in [2.45, 2.75) is 109 Å². The van der Waals surface area contributed by atoms with Crippen molar-refractivity contribution in [2.24, 2.45) is 11.8 Å². The van der Waals surface area contributed by atoms with Gasteiger partial charge >= 0.3 is 12.2 Å². The number of hydrogen-bond acceptors (Lipinski definition) is 6. The second-order valence-electron chi connectivity index (χ2n) is 17.0. The number of likely N-dealkylation sites (tertiary alicyclic amines) is 2. The SMILES string of the molecule is CC(C)(C)OC(=O)N1[C@@H]2C[C@@H]2C[C@H]1c1nc(-c2ccc3cc(-c4ccc5nc([C@@H]6C[C@H]7CC[C@H]7N6C(=O)OC(C)(C)C)[nH]c5c4)ccc3c2)c[nH]1. The van der Waals surface area contributed by atoms with E-state index < -0.39 is 11.2 Å². The summed E-state index contributed by atoms with van der Waals surface area (Å²) in [5, 5.41) is 2.26. The number of hydrogen-bond donors (Lipinski definition) is 2. The van der Waals surface area contributed by atoms with Crippen LogP contribution in [0.3, 0.4) is 0 Å². The van der Waals surface area contributed by atoms with Gasteiger partial charge in [0, 0.05) is 23.8 Å². The molecule has 0 unspecified atom stereocenters. The van der Waals surface area contributed by atoms with E-state index in [0.29, 0.717) is 11.8 Å². The molecule has 264 valence electrons. The zero-order valence-electron chi connectivity index (χ0n) is 30.2. The highest BCUT2D eigenvalue weighted by Crippen LogP contribution is 2.54. The van der Waals surface area contributed by atoms with Crippen molar-refractivity contribution in [2.75, 3.05) is 0 Å². The van der Waals surface area contributed by atoms with Crippen LogP contribution in [0.25, 0.3) is 44.2 Å². The number of carbonyl (C=O) groups is 2. The molecule has 51 heavy (non-hydrogen) atoms. The van der Waals surface area contributed by atoms with Crippen LogP contribution in [0.15, 0.2) is 60.8 Å². The molecule has 3 aromatic carbocycles. The van der Waals surface area contributed by atoms with Crippen molar-refractivity contribution in [3.8, 4) is 22.4 Å². The Hall–Kier alpha value is -4.86. The van der Waals surface area contributed by atoms with Crippen LogP contribution in [0.4, 0.5) is 9.59 Å². The van der Waals surface area contributed by atoms with Crippen molar-refractivity contribution in [3.05, 3.63) is 72.4 Å². The molecule has 2 amide bonds. The monoisotopic (exact) mass is 686 g/mol. The number of amides is 2. The molecule has 2 aliphatic heterocycles. The van der Waals surface area contributed by atoms with Crippen molar-refractivity contribution in [1.29, 1.82) is 0 Å². The van der Waals surface area contributed by atoms with Gasteiger partial charge in [-0.05, 0) is 132 Å². The van der Waals surface area contributed by atoms with Gasteiger partial charge in [-0.3, -0.25) is 9.80 Å². The first kappa shape index (κ1) is 32.1. The highest BCUT2D eigenvalue weighted by Gasteiger charge is 2.56. The lowest BCUT2D eigenvalue weighted by Gasteiger charge is -2.37. The molecule has 10 nitrogen and oxygen atoms in total. The number of nitrogens with zero attached hydrogens (tertiary/aromatic N) is 4. The van der Waals surface area contributed by atoms with Gasteiger partial charge in [0.25, 0.3) is 0 Å². The Balaban J connectivity index is 0.942. The van der Waals surface area contributed by atoms with Crippen LogP contribution >= 0.6 is 0 Å². The summed E-state index contributed by atoms with van der Waals surface area (Å²) < 4.78 is 11.6. The Morgan fingerprint density at radius 2 is 1.29 bits per heavy atom. The van der Waals surface area contributed by atoms with Crippen molar-refractivity contribution >= 4 is 34.0 Å². The largest absolute Gasteiger partial charge is 0.444 e. The minimum atomic E-state index is -0.543. The van der Waals surface area contributed by atoms with Gasteiger partial charge in [-0.25, -0.2) is 19.6 Å². The average molecular weight is 687 g/mol. The summed E-state index contributed by atoms with van der Waals surface area (Å²) in [7, 11) is 0. The summed E-state index contributed by atoms with van der Waals surface area (Å²) in [6.07, 6.45) is 6.47. The van der Waals surface area contributed by atoms with Gasteiger partial charge in [-0.1, -0.05) is 30.3 Å². The number of ether oxygens (including phenoxy) is 2. The third kappa shape index (κ3) is 5.82. The molecular weight excluding hydrogens is 640 g/mol. The second-order valence-corrected chi connectivity index (χ2v) is 17.0. The van der Waals surface area contributed by atoms with E-state index in [4.69, 9.17) is 19.4 Å². The molecule has 0 radical (unpaired) electrons. The lowest BCUT2D eigenvalue weighted by Crippen LogP contribution is -2.46. The third-order valence-electron chi connectivity index (χ3n) is 11.1. The van der Waals surface area contributed by atoms with Crippen LogP contribution in [0.2, 0.25) is 0 Å². The van der Waals surface area contributed by atoms with E-state index in [1.807, 2.05) is 57.5 Å². The van der Waals surface area contributed by atoms with Gasteiger partial charge in [0.2, 0.25) is 0 Å². The maximum atomic E-state index is 13.3. The van der Waals surface area contributed by atoms with Gasteiger partial charge in [-0.15, -0.1) is 0 Å². The van der Waals surface area contributed by atoms with E-state index in [-0.39, 0.29) is 36.4 Å². The topological polar surface area (TPSA) is 116 Å². The predicted octanol–water partition coefficient (Wildman–Crippen LogP) is 9.30. The molecule has 2 saturated heterocycles. The Labute approximate surface area is 297 Å². The molecule has 2 aliphatic carbocycles. The first-order chi connectivity index (χ1) is 24.3. The first-order valence-corrected chi connectivity index (χ1v) is 18.4. The number of fused-ring (bicyclic) bond motifs is 4. The molecule has 0 spiro atoms. The van der Waals surface area contributed by atoms with E-state index in [1.54, 1.807) is 0 Å². The lowest BCUT2D eigenvalue weighted by molar-refractivity contribution is 0.00473. The van der Waals surface area contributed by atoms with Crippen LogP contribution in [0.1, 0.15) is 97.4 Å². The van der Waals surface area contributed by atoms with Crippen molar-refractivity contribution in [1.82, 2.24) is 29.7 Å². The molecular formula is C41H46N6O4. The summed E-state index contributed by atoms with van der Waals surface area (Å²) in [4.78, 5) is 47.1. The molecule has 4 heterocycles. The Bertz CT molecular complexity index is 2190. The molecule has 2 N–H and O–H groups in total. The minimum absolute atomic E-state index is 0.0964. The highest BCUT2D eigenvalue weighted by atomic mass is 16.6. The maximum Gasteiger partial charge on any atom is 0.411 e. The van der Waals surface area contributed by atoms with Crippen LogP contribution in [-0.4, -0.2) is 65.2 Å². The molecule has 0 bridgehead atoms. The number of H-pyrrole nitrogens is 2. The quantitative estimate of drug-likeness (QED) is 0.195. The van der Waals surface area contributed by atoms with Gasteiger partial charge in [0.05, 0.1) is 28.8 Å². The van der Waals surface area contributed by atoms with Crippen molar-refractivity contribution in [3.63, 3.8) is 0 Å². The molecule has 10 heteroatoms. The summed E-state index contributed by atoms with van der Waals surface area (Å²) >= 11 is 0. The number of aromatic nitrogens is 4. The normalized spacial score (nSPS) is 25.5. The Kier molecular flexibility index (Phi) is 7.12. The van der Waals surface area contributed by atoms with Gasteiger partial charge < -0.3 is 19.4 Å².